The number of hydrogen-bond donors (Lipinski definition) is 0. The summed E-state index contributed by atoms with van der Waals surface area (Å²) >= 11 is 7.25. The summed E-state index contributed by atoms with van der Waals surface area (Å²) in [6.45, 7) is 0.942. The summed E-state index contributed by atoms with van der Waals surface area (Å²) in [6, 6.07) is 6.57. The van der Waals surface area contributed by atoms with Crippen molar-refractivity contribution in [1.82, 2.24) is 9.29 Å². The van der Waals surface area contributed by atoms with Crippen LogP contribution in [0.25, 0.3) is 11.3 Å². The third-order valence-electron chi connectivity index (χ3n) is 4.67. The number of thiazole rings is 1. The number of benzene rings is 2. The Morgan fingerprint density at radius 1 is 0.967 bits per heavy atom. The summed E-state index contributed by atoms with van der Waals surface area (Å²) in [4.78, 5) is 5.87. The van der Waals surface area contributed by atoms with Gasteiger partial charge in [0.25, 0.3) is 0 Å². The molecule has 2 heterocycles. The van der Waals surface area contributed by atoms with E-state index in [1.807, 2.05) is 4.90 Å². The second-order valence-corrected chi connectivity index (χ2v) is 9.82. The van der Waals surface area contributed by atoms with Crippen LogP contribution in [0.1, 0.15) is 0 Å². The number of aromatic nitrogens is 1. The Hall–Kier alpha value is -2.14. The summed E-state index contributed by atoms with van der Waals surface area (Å²) in [5.41, 5.74) is 1.12. The van der Waals surface area contributed by atoms with Crippen molar-refractivity contribution in [3.05, 3.63) is 64.3 Å². The highest BCUT2D eigenvalue weighted by Crippen LogP contribution is 2.31. The first-order chi connectivity index (χ1) is 14.2. The Morgan fingerprint density at radius 3 is 2.37 bits per heavy atom. The van der Waals surface area contributed by atoms with Crippen LogP contribution in [0.5, 0.6) is 0 Å². The van der Waals surface area contributed by atoms with Gasteiger partial charge in [0.1, 0.15) is 22.3 Å². The average Bonchev–Trinajstić information content (AvgIpc) is 3.17. The van der Waals surface area contributed by atoms with E-state index >= 15 is 0 Å². The van der Waals surface area contributed by atoms with E-state index in [4.69, 9.17) is 11.6 Å². The van der Waals surface area contributed by atoms with Crippen LogP contribution in [0.15, 0.2) is 46.7 Å². The number of nitrogens with zero attached hydrogens (tertiary/aromatic N) is 3. The van der Waals surface area contributed by atoms with Crippen LogP contribution in [0.4, 0.5) is 18.3 Å². The molecule has 5 nitrogen and oxygen atoms in total. The van der Waals surface area contributed by atoms with Crippen molar-refractivity contribution in [3.8, 4) is 11.3 Å². The maximum Gasteiger partial charge on any atom is 0.246 e. The minimum atomic E-state index is -4.07. The van der Waals surface area contributed by atoms with Crippen LogP contribution < -0.4 is 4.90 Å². The number of rotatable bonds is 4. The van der Waals surface area contributed by atoms with Gasteiger partial charge in [-0.1, -0.05) is 11.6 Å². The van der Waals surface area contributed by atoms with Crippen molar-refractivity contribution in [1.29, 1.82) is 0 Å². The molecule has 0 atom stereocenters. The standard InChI is InChI=1S/C19H15ClF3N3O2S2/c20-13-7-12(8-15(22)9-13)17-11-29-19(24-17)25-3-5-26(6-4-25)30(27,28)18-2-1-14(21)10-16(18)23/h1-2,7-11H,3-6H2. The molecule has 1 aromatic heterocycles. The second-order valence-electron chi connectivity index (χ2n) is 6.64. The molecule has 0 N–H and O–H groups in total. The minimum Gasteiger partial charge on any atom is -0.345 e. The molecule has 11 heteroatoms. The van der Waals surface area contributed by atoms with Gasteiger partial charge in [-0.2, -0.15) is 4.31 Å². The summed E-state index contributed by atoms with van der Waals surface area (Å²) in [6.07, 6.45) is 0. The maximum atomic E-state index is 14.0. The molecule has 3 aromatic rings. The quantitative estimate of drug-likeness (QED) is 0.564. The number of piperazine rings is 1. The maximum absolute atomic E-state index is 14.0. The van der Waals surface area contributed by atoms with Crippen molar-refractivity contribution in [3.63, 3.8) is 0 Å². The summed E-state index contributed by atoms with van der Waals surface area (Å²) < 4.78 is 67.2. The van der Waals surface area contributed by atoms with Crippen LogP contribution in [0.2, 0.25) is 5.02 Å². The topological polar surface area (TPSA) is 53.5 Å². The van der Waals surface area contributed by atoms with Crippen molar-refractivity contribution in [2.75, 3.05) is 31.1 Å². The molecule has 0 bridgehead atoms. The third kappa shape index (κ3) is 4.18. The molecule has 4 rings (SSSR count). The molecule has 0 amide bonds. The third-order valence-corrected chi connectivity index (χ3v) is 7.72. The first-order valence-electron chi connectivity index (χ1n) is 8.86. The minimum absolute atomic E-state index is 0.125. The smallest absolute Gasteiger partial charge is 0.246 e. The van der Waals surface area contributed by atoms with E-state index in [9.17, 15) is 21.6 Å². The second kappa shape index (κ2) is 8.18. The van der Waals surface area contributed by atoms with Gasteiger partial charge in [-0.25, -0.2) is 26.6 Å². The first-order valence-corrected chi connectivity index (χ1v) is 11.6. The molecular weight excluding hydrogens is 459 g/mol. The Labute approximate surface area is 180 Å². The van der Waals surface area contributed by atoms with Crippen LogP contribution >= 0.6 is 22.9 Å². The zero-order valence-corrected chi connectivity index (χ0v) is 17.7. The lowest BCUT2D eigenvalue weighted by atomic mass is 10.2. The van der Waals surface area contributed by atoms with Crippen molar-refractivity contribution < 1.29 is 21.6 Å². The van der Waals surface area contributed by atoms with Gasteiger partial charge in [0.05, 0.1) is 5.69 Å². The van der Waals surface area contributed by atoms with Gasteiger partial charge in [-0.15, -0.1) is 11.3 Å². The molecule has 0 spiro atoms. The summed E-state index contributed by atoms with van der Waals surface area (Å²) in [7, 11) is -4.07. The molecule has 1 aliphatic rings. The molecule has 0 saturated carbocycles. The molecule has 1 saturated heterocycles. The van der Waals surface area contributed by atoms with Gasteiger partial charge in [0.2, 0.25) is 10.0 Å². The van der Waals surface area contributed by atoms with Crippen LogP contribution in [-0.4, -0.2) is 43.9 Å². The average molecular weight is 474 g/mol. The van der Waals surface area contributed by atoms with E-state index in [-0.39, 0.29) is 18.1 Å². The Kier molecular flexibility index (Phi) is 5.75. The van der Waals surface area contributed by atoms with E-state index in [0.717, 1.165) is 12.1 Å². The Balaban J connectivity index is 1.48. The van der Waals surface area contributed by atoms with Gasteiger partial charge in [-0.05, 0) is 30.3 Å². The normalized spacial score (nSPS) is 15.5. The number of anilines is 1. The highest BCUT2D eigenvalue weighted by atomic mass is 35.5. The van der Waals surface area contributed by atoms with Gasteiger partial charge in [-0.3, -0.25) is 0 Å². The SMILES string of the molecule is O=S(=O)(c1ccc(F)cc1F)N1CCN(c2nc(-c3cc(F)cc(Cl)c3)cs2)CC1. The van der Waals surface area contributed by atoms with Crippen LogP contribution in [0.3, 0.4) is 0 Å². The highest BCUT2D eigenvalue weighted by molar-refractivity contribution is 7.89. The lowest BCUT2D eigenvalue weighted by Gasteiger charge is -2.33. The van der Waals surface area contributed by atoms with Gasteiger partial charge < -0.3 is 4.90 Å². The molecule has 30 heavy (non-hydrogen) atoms. The predicted octanol–water partition coefficient (Wildman–Crippen LogP) is 4.39. The van der Waals surface area contributed by atoms with Crippen molar-refractivity contribution in [2.24, 2.45) is 0 Å². The van der Waals surface area contributed by atoms with Crippen molar-refractivity contribution >= 4 is 38.1 Å². The largest absolute Gasteiger partial charge is 0.345 e. The lowest BCUT2D eigenvalue weighted by molar-refractivity contribution is 0.382. The summed E-state index contributed by atoms with van der Waals surface area (Å²) in [5, 5.41) is 2.71. The molecule has 0 unspecified atom stereocenters. The highest BCUT2D eigenvalue weighted by Gasteiger charge is 2.31. The fraction of sp³-hybridized carbons (Fsp3) is 0.211. The van der Waals surface area contributed by atoms with Crippen molar-refractivity contribution in [2.45, 2.75) is 4.90 Å². The molecule has 158 valence electrons. The number of sulfonamides is 1. The van der Waals surface area contributed by atoms with Crippen LogP contribution in [-0.2, 0) is 10.0 Å². The van der Waals surface area contributed by atoms with E-state index in [1.54, 1.807) is 11.4 Å². The first kappa shape index (κ1) is 21.1. The Bertz CT molecular complexity index is 1180. The molecular formula is C19H15ClF3N3O2S2. The van der Waals surface area contributed by atoms with E-state index in [0.29, 0.717) is 35.5 Å². The molecule has 1 aliphatic heterocycles. The van der Waals surface area contributed by atoms with Gasteiger partial charge in [0, 0.05) is 48.2 Å². The molecule has 0 aliphatic carbocycles. The summed E-state index contributed by atoms with van der Waals surface area (Å²) in [5.74, 6) is -2.41. The van der Waals surface area contributed by atoms with Gasteiger partial charge >= 0.3 is 0 Å². The monoisotopic (exact) mass is 473 g/mol. The van der Waals surface area contributed by atoms with Gasteiger partial charge in [0.15, 0.2) is 5.13 Å². The molecule has 2 aromatic carbocycles. The predicted molar refractivity (Wildman–Crippen MR) is 110 cm³/mol. The van der Waals surface area contributed by atoms with Crippen LogP contribution in [0, 0.1) is 17.5 Å². The fourth-order valence-electron chi connectivity index (χ4n) is 3.19. The Morgan fingerprint density at radius 2 is 1.70 bits per heavy atom. The van der Waals surface area contributed by atoms with E-state index in [2.05, 4.69) is 4.98 Å². The lowest BCUT2D eigenvalue weighted by Crippen LogP contribution is -2.48. The zero-order chi connectivity index (χ0) is 21.5. The zero-order valence-electron chi connectivity index (χ0n) is 15.4. The van der Waals surface area contributed by atoms with E-state index < -0.39 is 32.4 Å². The molecule has 1 fully saturated rings. The number of hydrogen-bond acceptors (Lipinski definition) is 5. The number of halogens is 4. The fourth-order valence-corrected chi connectivity index (χ4v) is 5.76. The van der Waals surface area contributed by atoms with E-state index in [1.165, 1.54) is 27.8 Å². The molecule has 0 radical (unpaired) electrons.